The molecule has 0 fully saturated rings. The highest BCUT2D eigenvalue weighted by molar-refractivity contribution is 6.31. The zero-order valence-corrected chi connectivity index (χ0v) is 10.3. The molecule has 0 aliphatic carbocycles. The van der Waals surface area contributed by atoms with Crippen LogP contribution in [0.3, 0.4) is 0 Å². The minimum Gasteiger partial charge on any atom is -0.325 e. The molecule has 0 aliphatic heterocycles. The highest BCUT2D eigenvalue weighted by Gasteiger charge is 2.06. The first-order valence-electron chi connectivity index (χ1n) is 4.59. The predicted molar refractivity (Wildman–Crippen MR) is 66.2 cm³/mol. The lowest BCUT2D eigenvalue weighted by molar-refractivity contribution is 0.792. The Labute approximate surface area is 105 Å². The predicted octanol–water partition coefficient (Wildman–Crippen LogP) is 2.11. The van der Waals surface area contributed by atoms with Crippen molar-refractivity contribution in [3.8, 4) is 5.69 Å². The van der Waals surface area contributed by atoms with Crippen molar-refractivity contribution in [2.75, 3.05) is 0 Å². The van der Waals surface area contributed by atoms with Crippen molar-refractivity contribution < 1.29 is 0 Å². The molecule has 0 saturated carbocycles. The Balaban J connectivity index is 0.00000128. The number of halogens is 2. The molecule has 16 heavy (non-hydrogen) atoms. The Kier molecular flexibility index (Phi) is 4.29. The number of rotatable bonds is 2. The molecule has 0 atom stereocenters. The van der Waals surface area contributed by atoms with Gasteiger partial charge in [-0.15, -0.1) is 17.5 Å². The monoisotopic (exact) mass is 258 g/mol. The largest absolute Gasteiger partial charge is 0.325 e. The van der Waals surface area contributed by atoms with E-state index in [9.17, 15) is 0 Å². The summed E-state index contributed by atoms with van der Waals surface area (Å²) in [6, 6.07) is 5.67. The molecule has 2 rings (SSSR count). The standard InChI is InChI=1S/C10H11ClN4.ClH/c1-7-9(11)3-2-4-10(7)15-6-8(5-12)13-14-15;/h2-4,6H,5,12H2,1H3;1H. The fraction of sp³-hybridized carbons (Fsp3) is 0.200. The van der Waals surface area contributed by atoms with E-state index in [4.69, 9.17) is 17.3 Å². The van der Waals surface area contributed by atoms with Gasteiger partial charge in [-0.2, -0.15) is 0 Å². The van der Waals surface area contributed by atoms with Gasteiger partial charge < -0.3 is 5.73 Å². The van der Waals surface area contributed by atoms with Gasteiger partial charge in [0, 0.05) is 11.6 Å². The number of benzene rings is 1. The van der Waals surface area contributed by atoms with Gasteiger partial charge in [-0.3, -0.25) is 0 Å². The third-order valence-corrected chi connectivity index (χ3v) is 2.65. The Morgan fingerprint density at radius 1 is 1.44 bits per heavy atom. The maximum atomic E-state index is 6.02. The van der Waals surface area contributed by atoms with E-state index >= 15 is 0 Å². The Bertz CT molecular complexity index is 481. The van der Waals surface area contributed by atoms with E-state index in [-0.39, 0.29) is 12.4 Å². The summed E-state index contributed by atoms with van der Waals surface area (Å²) in [5, 5.41) is 8.63. The van der Waals surface area contributed by atoms with E-state index in [2.05, 4.69) is 10.3 Å². The zero-order valence-electron chi connectivity index (χ0n) is 8.72. The van der Waals surface area contributed by atoms with E-state index in [1.165, 1.54) is 0 Å². The van der Waals surface area contributed by atoms with Gasteiger partial charge in [-0.1, -0.05) is 22.9 Å². The molecule has 0 saturated heterocycles. The van der Waals surface area contributed by atoms with Crippen LogP contribution in [0.1, 0.15) is 11.3 Å². The van der Waals surface area contributed by atoms with Crippen LogP contribution in [-0.4, -0.2) is 15.0 Å². The smallest absolute Gasteiger partial charge is 0.0967 e. The minimum absolute atomic E-state index is 0. The van der Waals surface area contributed by atoms with Gasteiger partial charge in [-0.25, -0.2) is 4.68 Å². The summed E-state index contributed by atoms with van der Waals surface area (Å²) in [5.74, 6) is 0. The lowest BCUT2D eigenvalue weighted by Crippen LogP contribution is -1.98. The Hall–Kier alpha value is -1.10. The fourth-order valence-electron chi connectivity index (χ4n) is 1.35. The first-order valence-corrected chi connectivity index (χ1v) is 4.97. The Morgan fingerprint density at radius 3 is 2.81 bits per heavy atom. The molecular weight excluding hydrogens is 247 g/mol. The molecule has 2 N–H and O–H groups in total. The molecule has 1 aromatic carbocycles. The van der Waals surface area contributed by atoms with Crippen LogP contribution in [0.15, 0.2) is 24.4 Å². The molecule has 0 bridgehead atoms. The number of nitrogens with two attached hydrogens (primary N) is 1. The summed E-state index contributed by atoms with van der Waals surface area (Å²) in [4.78, 5) is 0. The van der Waals surface area contributed by atoms with Crippen molar-refractivity contribution in [2.24, 2.45) is 5.73 Å². The molecule has 4 nitrogen and oxygen atoms in total. The van der Waals surface area contributed by atoms with Crippen molar-refractivity contribution in [2.45, 2.75) is 13.5 Å². The topological polar surface area (TPSA) is 56.7 Å². The first kappa shape index (κ1) is 13.0. The molecule has 1 heterocycles. The second kappa shape index (κ2) is 5.30. The van der Waals surface area contributed by atoms with E-state index < -0.39 is 0 Å². The number of aromatic nitrogens is 3. The summed E-state index contributed by atoms with van der Waals surface area (Å²) < 4.78 is 1.68. The molecule has 0 spiro atoms. The summed E-state index contributed by atoms with van der Waals surface area (Å²) >= 11 is 6.02. The normalized spacial score (nSPS) is 9.94. The maximum Gasteiger partial charge on any atom is 0.0967 e. The summed E-state index contributed by atoms with van der Waals surface area (Å²) in [5.41, 5.74) is 8.13. The van der Waals surface area contributed by atoms with Gasteiger partial charge in [0.25, 0.3) is 0 Å². The minimum atomic E-state index is 0. The third kappa shape index (κ3) is 2.35. The van der Waals surface area contributed by atoms with Crippen LogP contribution in [-0.2, 0) is 6.54 Å². The van der Waals surface area contributed by atoms with Gasteiger partial charge in [0.1, 0.15) is 0 Å². The average molecular weight is 259 g/mol. The molecule has 2 aromatic rings. The molecule has 86 valence electrons. The lowest BCUT2D eigenvalue weighted by atomic mass is 10.2. The van der Waals surface area contributed by atoms with Crippen molar-refractivity contribution in [1.82, 2.24) is 15.0 Å². The van der Waals surface area contributed by atoms with Crippen LogP contribution < -0.4 is 5.73 Å². The van der Waals surface area contributed by atoms with Gasteiger partial charge in [0.2, 0.25) is 0 Å². The van der Waals surface area contributed by atoms with E-state index in [1.54, 1.807) is 10.9 Å². The van der Waals surface area contributed by atoms with Crippen molar-refractivity contribution in [3.63, 3.8) is 0 Å². The quantitative estimate of drug-likeness (QED) is 0.898. The van der Waals surface area contributed by atoms with Crippen molar-refractivity contribution >= 4 is 24.0 Å². The van der Waals surface area contributed by atoms with Crippen LogP contribution in [0.5, 0.6) is 0 Å². The van der Waals surface area contributed by atoms with Crippen LogP contribution in [0.25, 0.3) is 5.69 Å². The van der Waals surface area contributed by atoms with Crippen molar-refractivity contribution in [3.05, 3.63) is 40.7 Å². The zero-order chi connectivity index (χ0) is 10.8. The first-order chi connectivity index (χ1) is 7.22. The Morgan fingerprint density at radius 2 is 2.19 bits per heavy atom. The molecular formula is C10H12Cl2N4. The average Bonchev–Trinajstić information content (AvgIpc) is 2.70. The van der Waals surface area contributed by atoms with E-state index in [0.29, 0.717) is 6.54 Å². The number of hydrogen-bond donors (Lipinski definition) is 1. The van der Waals surface area contributed by atoms with Gasteiger partial charge in [0.05, 0.1) is 17.6 Å². The second-order valence-corrected chi connectivity index (χ2v) is 3.65. The summed E-state index contributed by atoms with van der Waals surface area (Å²) in [7, 11) is 0. The highest BCUT2D eigenvalue weighted by Crippen LogP contribution is 2.21. The molecule has 6 heteroatoms. The summed E-state index contributed by atoms with van der Waals surface area (Å²) in [6.07, 6.45) is 1.80. The van der Waals surface area contributed by atoms with Crippen LogP contribution in [0.4, 0.5) is 0 Å². The molecule has 0 radical (unpaired) electrons. The third-order valence-electron chi connectivity index (χ3n) is 2.24. The maximum absolute atomic E-state index is 6.02. The number of nitrogens with zero attached hydrogens (tertiary/aromatic N) is 3. The second-order valence-electron chi connectivity index (χ2n) is 3.24. The highest BCUT2D eigenvalue weighted by atomic mass is 35.5. The van der Waals surface area contributed by atoms with Crippen molar-refractivity contribution in [1.29, 1.82) is 0 Å². The SMILES string of the molecule is Cc1c(Cl)cccc1-n1cc(CN)nn1.Cl. The van der Waals surface area contributed by atoms with Crippen LogP contribution in [0.2, 0.25) is 5.02 Å². The molecule has 0 amide bonds. The molecule has 0 aliphatic rings. The number of hydrogen-bond acceptors (Lipinski definition) is 3. The van der Waals surface area contributed by atoms with E-state index in [0.717, 1.165) is 22.0 Å². The van der Waals surface area contributed by atoms with Crippen LogP contribution >= 0.6 is 24.0 Å². The van der Waals surface area contributed by atoms with Gasteiger partial charge in [0.15, 0.2) is 0 Å². The van der Waals surface area contributed by atoms with Gasteiger partial charge >= 0.3 is 0 Å². The van der Waals surface area contributed by atoms with E-state index in [1.807, 2.05) is 25.1 Å². The summed E-state index contributed by atoms with van der Waals surface area (Å²) in [6.45, 7) is 2.33. The lowest BCUT2D eigenvalue weighted by Gasteiger charge is -2.05. The molecule has 1 aromatic heterocycles. The molecule has 0 unspecified atom stereocenters. The van der Waals surface area contributed by atoms with Crippen LogP contribution in [0, 0.1) is 6.92 Å². The fourth-order valence-corrected chi connectivity index (χ4v) is 1.52. The van der Waals surface area contributed by atoms with Gasteiger partial charge in [-0.05, 0) is 24.6 Å².